The maximum Gasteiger partial charge on any atom is 0.264 e. The van der Waals surface area contributed by atoms with E-state index in [1.165, 1.54) is 4.31 Å². The number of ether oxygens (including phenoxy) is 1. The predicted molar refractivity (Wildman–Crippen MR) is 91.7 cm³/mol. The summed E-state index contributed by atoms with van der Waals surface area (Å²) < 4.78 is 32.8. The zero-order valence-corrected chi connectivity index (χ0v) is 13.8. The van der Waals surface area contributed by atoms with Crippen LogP contribution in [0, 0.1) is 0 Å². The first kappa shape index (κ1) is 15.7. The second-order valence-corrected chi connectivity index (χ2v) is 7.20. The van der Waals surface area contributed by atoms with Crippen molar-refractivity contribution in [3.63, 3.8) is 0 Å². The summed E-state index contributed by atoms with van der Waals surface area (Å²) in [6.45, 7) is 3.65. The van der Waals surface area contributed by atoms with Gasteiger partial charge >= 0.3 is 0 Å². The first-order valence-corrected chi connectivity index (χ1v) is 9.15. The summed E-state index contributed by atoms with van der Waals surface area (Å²) in [7, 11) is -3.57. The van der Waals surface area contributed by atoms with Gasteiger partial charge in [0.15, 0.2) is 0 Å². The lowest BCUT2D eigenvalue weighted by Crippen LogP contribution is -2.38. The van der Waals surface area contributed by atoms with E-state index in [-0.39, 0.29) is 4.90 Å². The minimum absolute atomic E-state index is 0.276. The fraction of sp³-hybridized carbons (Fsp3) is 0.294. The Morgan fingerprint density at radius 2 is 1.87 bits per heavy atom. The molecule has 122 valence electrons. The van der Waals surface area contributed by atoms with Crippen molar-refractivity contribution >= 4 is 21.4 Å². The van der Waals surface area contributed by atoms with Gasteiger partial charge in [0.05, 0.1) is 29.4 Å². The molecule has 1 aliphatic heterocycles. The Hall–Kier alpha value is -2.21. The molecule has 0 unspecified atom stereocenters. The summed E-state index contributed by atoms with van der Waals surface area (Å²) in [5.74, 6) is 0.687. The standard InChI is InChI=1S/C17H20N2O3S/c1-2-13-22-14-7-9-15(10-8-14)23(20,21)19-12-11-18-16-5-3-4-6-17(16)19/h3-10,18H,2,11-13H2,1H3. The molecule has 1 heterocycles. The maximum atomic E-state index is 12.9. The third-order valence-corrected chi connectivity index (χ3v) is 5.52. The number of benzene rings is 2. The van der Waals surface area contributed by atoms with E-state index in [0.29, 0.717) is 31.1 Å². The van der Waals surface area contributed by atoms with E-state index < -0.39 is 10.0 Å². The van der Waals surface area contributed by atoms with Crippen LogP contribution in [-0.2, 0) is 10.0 Å². The Morgan fingerprint density at radius 3 is 2.61 bits per heavy atom. The minimum Gasteiger partial charge on any atom is -0.494 e. The van der Waals surface area contributed by atoms with Crippen LogP contribution in [0.4, 0.5) is 11.4 Å². The summed E-state index contributed by atoms with van der Waals surface area (Å²) in [6, 6.07) is 14.1. The first-order valence-electron chi connectivity index (χ1n) is 7.71. The lowest BCUT2D eigenvalue weighted by atomic mass is 10.2. The monoisotopic (exact) mass is 332 g/mol. The van der Waals surface area contributed by atoms with Gasteiger partial charge in [-0.15, -0.1) is 0 Å². The lowest BCUT2D eigenvalue weighted by molar-refractivity contribution is 0.317. The maximum absolute atomic E-state index is 12.9. The fourth-order valence-corrected chi connectivity index (χ4v) is 4.04. The van der Waals surface area contributed by atoms with Crippen LogP contribution in [0.3, 0.4) is 0 Å². The van der Waals surface area contributed by atoms with Crippen molar-refractivity contribution in [2.75, 3.05) is 29.3 Å². The second-order valence-electron chi connectivity index (χ2n) is 5.34. The van der Waals surface area contributed by atoms with Crippen LogP contribution in [0.5, 0.6) is 5.75 Å². The van der Waals surface area contributed by atoms with Gasteiger partial charge in [0.25, 0.3) is 10.0 Å². The molecule has 0 amide bonds. The largest absolute Gasteiger partial charge is 0.494 e. The zero-order chi connectivity index (χ0) is 16.3. The summed E-state index contributed by atoms with van der Waals surface area (Å²) in [5.41, 5.74) is 1.52. The predicted octanol–water partition coefficient (Wildman–Crippen LogP) is 3.10. The number of sulfonamides is 1. The van der Waals surface area contributed by atoms with Gasteiger partial charge in [-0.1, -0.05) is 19.1 Å². The highest BCUT2D eigenvalue weighted by molar-refractivity contribution is 7.92. The lowest BCUT2D eigenvalue weighted by Gasteiger charge is -2.31. The highest BCUT2D eigenvalue weighted by Crippen LogP contribution is 2.33. The molecule has 0 aliphatic carbocycles. The van der Waals surface area contributed by atoms with E-state index in [1.807, 2.05) is 31.2 Å². The summed E-state index contributed by atoms with van der Waals surface area (Å²) in [4.78, 5) is 0.276. The number of para-hydroxylation sites is 2. The highest BCUT2D eigenvalue weighted by Gasteiger charge is 2.28. The van der Waals surface area contributed by atoms with E-state index in [4.69, 9.17) is 4.74 Å². The number of anilines is 2. The third-order valence-electron chi connectivity index (χ3n) is 3.69. The Bertz CT molecular complexity index is 773. The fourth-order valence-electron chi connectivity index (χ4n) is 2.56. The summed E-state index contributed by atoms with van der Waals surface area (Å²) in [6.07, 6.45) is 0.914. The summed E-state index contributed by atoms with van der Waals surface area (Å²) >= 11 is 0. The van der Waals surface area contributed by atoms with Gasteiger partial charge in [-0.25, -0.2) is 8.42 Å². The number of hydrogen-bond donors (Lipinski definition) is 1. The molecule has 0 bridgehead atoms. The number of rotatable bonds is 5. The van der Waals surface area contributed by atoms with E-state index in [9.17, 15) is 8.42 Å². The van der Waals surface area contributed by atoms with Crippen molar-refractivity contribution in [2.45, 2.75) is 18.2 Å². The average molecular weight is 332 g/mol. The topological polar surface area (TPSA) is 58.6 Å². The van der Waals surface area contributed by atoms with Crippen LogP contribution < -0.4 is 14.4 Å². The molecule has 1 aliphatic rings. The molecular weight excluding hydrogens is 312 g/mol. The van der Waals surface area contributed by atoms with Crippen molar-refractivity contribution < 1.29 is 13.2 Å². The van der Waals surface area contributed by atoms with Crippen LogP contribution >= 0.6 is 0 Å². The van der Waals surface area contributed by atoms with Crippen molar-refractivity contribution in [2.24, 2.45) is 0 Å². The number of fused-ring (bicyclic) bond motifs is 1. The third kappa shape index (κ3) is 3.12. The molecule has 0 radical (unpaired) electrons. The second kappa shape index (κ2) is 6.50. The average Bonchev–Trinajstić information content (AvgIpc) is 2.59. The smallest absolute Gasteiger partial charge is 0.264 e. The molecule has 6 heteroatoms. The molecule has 0 saturated heterocycles. The van der Waals surface area contributed by atoms with Crippen molar-refractivity contribution in [1.29, 1.82) is 0 Å². The minimum atomic E-state index is -3.57. The molecule has 0 fully saturated rings. The number of hydrogen-bond acceptors (Lipinski definition) is 4. The highest BCUT2D eigenvalue weighted by atomic mass is 32.2. The molecule has 3 rings (SSSR count). The van der Waals surface area contributed by atoms with E-state index in [1.54, 1.807) is 24.3 Å². The first-order chi connectivity index (χ1) is 11.1. The Balaban J connectivity index is 1.90. The number of nitrogens with one attached hydrogen (secondary N) is 1. The van der Waals surface area contributed by atoms with Crippen molar-refractivity contribution in [3.8, 4) is 5.75 Å². The van der Waals surface area contributed by atoms with Gasteiger partial charge in [0.1, 0.15) is 5.75 Å². The van der Waals surface area contributed by atoms with Crippen LogP contribution in [0.1, 0.15) is 13.3 Å². The zero-order valence-electron chi connectivity index (χ0n) is 13.0. The molecule has 0 atom stereocenters. The number of nitrogens with zero attached hydrogens (tertiary/aromatic N) is 1. The van der Waals surface area contributed by atoms with E-state index in [0.717, 1.165) is 12.1 Å². The van der Waals surface area contributed by atoms with Crippen molar-refractivity contribution in [1.82, 2.24) is 0 Å². The molecule has 2 aromatic carbocycles. The van der Waals surface area contributed by atoms with Crippen LogP contribution in [-0.4, -0.2) is 28.1 Å². The van der Waals surface area contributed by atoms with Gasteiger partial charge in [0, 0.05) is 6.54 Å². The SMILES string of the molecule is CCCOc1ccc(S(=O)(=O)N2CCNc3ccccc32)cc1. The van der Waals surface area contributed by atoms with Crippen LogP contribution in [0.15, 0.2) is 53.4 Å². The van der Waals surface area contributed by atoms with Crippen LogP contribution in [0.2, 0.25) is 0 Å². The Kier molecular flexibility index (Phi) is 4.43. The Morgan fingerprint density at radius 1 is 1.13 bits per heavy atom. The molecular formula is C17H20N2O3S. The summed E-state index contributed by atoms with van der Waals surface area (Å²) in [5, 5.41) is 3.22. The van der Waals surface area contributed by atoms with Gasteiger partial charge < -0.3 is 10.1 Å². The van der Waals surface area contributed by atoms with Gasteiger partial charge in [-0.05, 0) is 42.8 Å². The van der Waals surface area contributed by atoms with Gasteiger partial charge in [0.2, 0.25) is 0 Å². The Labute approximate surface area is 136 Å². The van der Waals surface area contributed by atoms with Crippen molar-refractivity contribution in [3.05, 3.63) is 48.5 Å². The molecule has 23 heavy (non-hydrogen) atoms. The van der Waals surface area contributed by atoms with Crippen LogP contribution in [0.25, 0.3) is 0 Å². The molecule has 0 aromatic heterocycles. The normalized spacial score (nSPS) is 14.0. The van der Waals surface area contributed by atoms with E-state index in [2.05, 4.69) is 5.32 Å². The van der Waals surface area contributed by atoms with E-state index >= 15 is 0 Å². The molecule has 0 spiro atoms. The molecule has 1 N–H and O–H groups in total. The molecule has 2 aromatic rings. The molecule has 0 saturated carbocycles. The molecule has 5 nitrogen and oxygen atoms in total. The van der Waals surface area contributed by atoms with Gasteiger partial charge in [-0.2, -0.15) is 0 Å². The quantitative estimate of drug-likeness (QED) is 0.914. The van der Waals surface area contributed by atoms with Gasteiger partial charge in [-0.3, -0.25) is 4.31 Å².